The predicted molar refractivity (Wildman–Crippen MR) is 119 cm³/mol. The molecule has 9 heteroatoms. The first-order valence-electron chi connectivity index (χ1n) is 10.4. The molecule has 0 unspecified atom stereocenters. The average Bonchev–Trinajstić information content (AvgIpc) is 3.18. The van der Waals surface area contributed by atoms with E-state index < -0.39 is 5.97 Å². The summed E-state index contributed by atoms with van der Waals surface area (Å²) in [6.07, 6.45) is 1.52. The van der Waals surface area contributed by atoms with Crippen LogP contribution in [0.4, 0.5) is 17.5 Å². The number of aromatic nitrogens is 4. The number of hydrogen-bond acceptors (Lipinski definition) is 8. The van der Waals surface area contributed by atoms with Crippen molar-refractivity contribution in [1.29, 1.82) is 0 Å². The van der Waals surface area contributed by atoms with E-state index >= 15 is 0 Å². The summed E-state index contributed by atoms with van der Waals surface area (Å²) in [6.45, 7) is 7.72. The zero-order valence-electron chi connectivity index (χ0n) is 18.1. The lowest BCUT2D eigenvalue weighted by Gasteiger charge is -2.33. The standard InChI is InChI=1S/C22H27N7O2/c1-4-31-22(30)18-15-23-29(17-8-6-5-7-9-17)21(18)26-19-14-20(25-16(2)24-19)28-12-10-27(3)11-13-28/h5-9,14-15H,4,10-13H2,1-3H3,(H,24,25,26). The number of likely N-dealkylation sites (N-methyl/N-ethyl adjacent to an activating group) is 1. The molecule has 3 heterocycles. The van der Waals surface area contributed by atoms with Gasteiger partial charge in [-0.05, 0) is 33.0 Å². The van der Waals surface area contributed by atoms with Crippen molar-refractivity contribution in [3.63, 3.8) is 0 Å². The van der Waals surface area contributed by atoms with Crippen LogP contribution in [-0.4, -0.2) is 70.5 Å². The van der Waals surface area contributed by atoms with Crippen molar-refractivity contribution in [2.24, 2.45) is 0 Å². The lowest BCUT2D eigenvalue weighted by atomic mass is 10.3. The van der Waals surface area contributed by atoms with Gasteiger partial charge in [-0.3, -0.25) is 0 Å². The Balaban J connectivity index is 1.70. The van der Waals surface area contributed by atoms with E-state index in [0.717, 1.165) is 37.7 Å². The first kappa shape index (κ1) is 20.8. The lowest BCUT2D eigenvalue weighted by Crippen LogP contribution is -2.44. The summed E-state index contributed by atoms with van der Waals surface area (Å²) in [4.78, 5) is 26.3. The molecule has 0 saturated carbocycles. The van der Waals surface area contributed by atoms with Crippen LogP contribution in [0.1, 0.15) is 23.1 Å². The maximum atomic E-state index is 12.6. The van der Waals surface area contributed by atoms with Crippen LogP contribution in [0.15, 0.2) is 42.6 Å². The molecule has 1 saturated heterocycles. The molecule has 1 aromatic carbocycles. The van der Waals surface area contributed by atoms with E-state index in [9.17, 15) is 4.79 Å². The van der Waals surface area contributed by atoms with Crippen LogP contribution in [0.3, 0.4) is 0 Å². The van der Waals surface area contributed by atoms with Crippen molar-refractivity contribution in [3.05, 3.63) is 54.0 Å². The number of carbonyl (C=O) groups excluding carboxylic acids is 1. The molecule has 4 rings (SSSR count). The Kier molecular flexibility index (Phi) is 6.13. The fourth-order valence-corrected chi connectivity index (χ4v) is 3.53. The van der Waals surface area contributed by atoms with Crippen molar-refractivity contribution < 1.29 is 9.53 Å². The number of hydrogen-bond donors (Lipinski definition) is 1. The first-order chi connectivity index (χ1) is 15.0. The maximum absolute atomic E-state index is 12.6. The van der Waals surface area contributed by atoms with Gasteiger partial charge in [0.15, 0.2) is 0 Å². The molecule has 1 aliphatic heterocycles. The van der Waals surface area contributed by atoms with E-state index in [1.807, 2.05) is 43.3 Å². The van der Waals surface area contributed by atoms with Gasteiger partial charge in [0, 0.05) is 32.2 Å². The van der Waals surface area contributed by atoms with Crippen molar-refractivity contribution >= 4 is 23.4 Å². The average molecular weight is 422 g/mol. The monoisotopic (exact) mass is 421 g/mol. The van der Waals surface area contributed by atoms with Gasteiger partial charge in [0.25, 0.3) is 0 Å². The second kappa shape index (κ2) is 9.13. The van der Waals surface area contributed by atoms with E-state index in [4.69, 9.17) is 4.74 Å². The maximum Gasteiger partial charge on any atom is 0.343 e. The van der Waals surface area contributed by atoms with Gasteiger partial charge in [-0.1, -0.05) is 18.2 Å². The molecule has 31 heavy (non-hydrogen) atoms. The van der Waals surface area contributed by atoms with Crippen LogP contribution in [-0.2, 0) is 4.74 Å². The van der Waals surface area contributed by atoms with Gasteiger partial charge in [-0.2, -0.15) is 5.10 Å². The Morgan fingerprint density at radius 3 is 2.58 bits per heavy atom. The van der Waals surface area contributed by atoms with Gasteiger partial charge in [0.05, 0.1) is 18.5 Å². The summed E-state index contributed by atoms with van der Waals surface area (Å²) in [5.74, 6) is 2.20. The van der Waals surface area contributed by atoms with Gasteiger partial charge < -0.3 is 19.9 Å². The lowest BCUT2D eigenvalue weighted by molar-refractivity contribution is 0.0527. The normalized spacial score (nSPS) is 14.5. The molecular weight excluding hydrogens is 394 g/mol. The second-order valence-corrected chi connectivity index (χ2v) is 7.45. The van der Waals surface area contributed by atoms with Gasteiger partial charge in [0.2, 0.25) is 0 Å². The quantitative estimate of drug-likeness (QED) is 0.608. The second-order valence-electron chi connectivity index (χ2n) is 7.45. The van der Waals surface area contributed by atoms with Crippen LogP contribution >= 0.6 is 0 Å². The van der Waals surface area contributed by atoms with E-state index in [1.54, 1.807) is 11.6 Å². The minimum absolute atomic E-state index is 0.287. The number of piperazine rings is 1. The fourth-order valence-electron chi connectivity index (χ4n) is 3.53. The van der Waals surface area contributed by atoms with Gasteiger partial charge >= 0.3 is 5.97 Å². The third kappa shape index (κ3) is 4.66. The van der Waals surface area contributed by atoms with E-state index in [0.29, 0.717) is 23.0 Å². The fraction of sp³-hybridized carbons (Fsp3) is 0.364. The number of aryl methyl sites for hydroxylation is 1. The molecule has 9 nitrogen and oxygen atoms in total. The summed E-state index contributed by atoms with van der Waals surface area (Å²) >= 11 is 0. The molecule has 162 valence electrons. The zero-order valence-corrected chi connectivity index (χ0v) is 18.1. The van der Waals surface area contributed by atoms with Crippen LogP contribution in [0, 0.1) is 6.92 Å². The van der Waals surface area contributed by atoms with Crippen molar-refractivity contribution in [1.82, 2.24) is 24.6 Å². The van der Waals surface area contributed by atoms with Crippen LogP contribution < -0.4 is 10.2 Å². The topological polar surface area (TPSA) is 88.4 Å². The van der Waals surface area contributed by atoms with Gasteiger partial charge in [-0.25, -0.2) is 19.4 Å². The summed E-state index contributed by atoms with van der Waals surface area (Å²) in [7, 11) is 2.12. The SMILES string of the molecule is CCOC(=O)c1cnn(-c2ccccc2)c1Nc1cc(N2CCN(C)CC2)nc(C)n1. The molecular formula is C22H27N7O2. The molecule has 0 aliphatic carbocycles. The molecule has 0 amide bonds. The van der Waals surface area contributed by atoms with E-state index in [-0.39, 0.29) is 6.61 Å². The Labute approximate surface area is 181 Å². The van der Waals surface area contributed by atoms with E-state index in [2.05, 4.69) is 37.2 Å². The van der Waals surface area contributed by atoms with Crippen molar-refractivity contribution in [3.8, 4) is 5.69 Å². The third-order valence-electron chi connectivity index (χ3n) is 5.16. The Morgan fingerprint density at radius 2 is 1.87 bits per heavy atom. The molecule has 2 aromatic heterocycles. The first-order valence-corrected chi connectivity index (χ1v) is 10.4. The Morgan fingerprint density at radius 1 is 1.13 bits per heavy atom. The molecule has 0 bridgehead atoms. The predicted octanol–water partition coefficient (Wildman–Crippen LogP) is 2.64. The Hall–Kier alpha value is -3.46. The summed E-state index contributed by atoms with van der Waals surface area (Å²) in [6, 6.07) is 11.5. The number of rotatable bonds is 6. The summed E-state index contributed by atoms with van der Waals surface area (Å²) in [5, 5.41) is 7.72. The zero-order chi connectivity index (χ0) is 21.8. The van der Waals surface area contributed by atoms with E-state index in [1.165, 1.54) is 6.20 Å². The Bertz CT molecular complexity index is 1040. The molecule has 0 spiro atoms. The third-order valence-corrected chi connectivity index (χ3v) is 5.16. The number of nitrogens with zero attached hydrogens (tertiary/aromatic N) is 6. The highest BCUT2D eigenvalue weighted by molar-refractivity contribution is 5.95. The number of esters is 1. The number of anilines is 3. The van der Waals surface area contributed by atoms with Crippen molar-refractivity contribution in [2.75, 3.05) is 50.1 Å². The molecule has 0 atom stereocenters. The van der Waals surface area contributed by atoms with Crippen LogP contribution in [0.2, 0.25) is 0 Å². The van der Waals surface area contributed by atoms with Crippen molar-refractivity contribution in [2.45, 2.75) is 13.8 Å². The molecule has 1 N–H and O–H groups in total. The highest BCUT2D eigenvalue weighted by Crippen LogP contribution is 2.26. The minimum atomic E-state index is -0.433. The molecule has 1 aliphatic rings. The number of nitrogens with one attached hydrogen (secondary N) is 1. The smallest absolute Gasteiger partial charge is 0.343 e. The van der Waals surface area contributed by atoms with Crippen LogP contribution in [0.25, 0.3) is 5.69 Å². The number of benzene rings is 1. The molecule has 3 aromatic rings. The summed E-state index contributed by atoms with van der Waals surface area (Å²) < 4.78 is 6.91. The number of ether oxygens (including phenoxy) is 1. The molecule has 1 fully saturated rings. The van der Waals surface area contributed by atoms with Gasteiger partial charge in [0.1, 0.15) is 28.8 Å². The molecule has 0 radical (unpaired) electrons. The van der Waals surface area contributed by atoms with Gasteiger partial charge in [-0.15, -0.1) is 0 Å². The largest absolute Gasteiger partial charge is 0.462 e. The number of carbonyl (C=O) groups is 1. The number of para-hydroxylation sites is 1. The highest BCUT2D eigenvalue weighted by atomic mass is 16.5. The van der Waals surface area contributed by atoms with Crippen LogP contribution in [0.5, 0.6) is 0 Å². The minimum Gasteiger partial charge on any atom is -0.462 e. The summed E-state index contributed by atoms with van der Waals surface area (Å²) in [5.41, 5.74) is 1.17. The highest BCUT2D eigenvalue weighted by Gasteiger charge is 2.22.